The fourth-order valence-corrected chi connectivity index (χ4v) is 1.93. The number of aromatic nitrogens is 2. The molecule has 0 amide bonds. The molecule has 2 heterocycles. The Morgan fingerprint density at radius 1 is 1.62 bits per heavy atom. The van der Waals surface area contributed by atoms with Crippen LogP contribution in [-0.4, -0.2) is 42.0 Å². The van der Waals surface area contributed by atoms with Crippen molar-refractivity contribution in [3.05, 3.63) is 12.4 Å². The maximum absolute atomic E-state index is 8.82. The Morgan fingerprint density at radius 3 is 3.25 bits per heavy atom. The first-order valence-corrected chi connectivity index (χ1v) is 6.18. The van der Waals surface area contributed by atoms with Crippen LogP contribution in [0.3, 0.4) is 0 Å². The number of hydrogen-bond donors (Lipinski definition) is 0. The third-order valence-corrected chi connectivity index (χ3v) is 3.01. The maximum Gasteiger partial charge on any atom is 0.161 e. The molecular weight excluding hydrogens is 224 g/mol. The Balaban J connectivity index is 2.14. The van der Waals surface area contributed by atoms with Gasteiger partial charge in [-0.3, -0.25) is 0 Å². The van der Waals surface area contributed by atoms with Gasteiger partial charge in [0.1, 0.15) is 17.2 Å². The Morgan fingerprint density at radius 2 is 2.50 bits per heavy atom. The maximum atomic E-state index is 8.82. The van der Waals surface area contributed by atoms with Gasteiger partial charge in [-0.2, -0.15) is 5.26 Å². The first kappa shape index (κ1) is 11.2. The minimum Gasteiger partial charge on any atom is -0.360 e. The summed E-state index contributed by atoms with van der Waals surface area (Å²) in [6.07, 6.45) is 3.17. The van der Waals surface area contributed by atoms with E-state index in [0.717, 1.165) is 17.4 Å². The molecule has 1 fully saturated rings. The van der Waals surface area contributed by atoms with Crippen molar-refractivity contribution in [1.82, 2.24) is 9.97 Å². The van der Waals surface area contributed by atoms with Crippen molar-refractivity contribution in [1.29, 1.82) is 5.26 Å². The van der Waals surface area contributed by atoms with Crippen LogP contribution in [-0.2, 0) is 4.74 Å². The predicted octanol–water partition coefficient (Wildman–Crippen LogP) is 0.927. The first-order valence-electron chi connectivity index (χ1n) is 4.95. The molecule has 0 radical (unpaired) electrons. The molecule has 1 aromatic rings. The lowest BCUT2D eigenvalue weighted by atomic mass is 10.3. The lowest BCUT2D eigenvalue weighted by Crippen LogP contribution is -2.42. The van der Waals surface area contributed by atoms with Crippen molar-refractivity contribution in [2.24, 2.45) is 0 Å². The number of hydrogen-bond acceptors (Lipinski definition) is 6. The van der Waals surface area contributed by atoms with Gasteiger partial charge in [0.05, 0.1) is 19.2 Å². The molecule has 0 saturated carbocycles. The number of ether oxygens (including phenoxy) is 1. The molecule has 0 N–H and O–H groups in total. The van der Waals surface area contributed by atoms with Crippen LogP contribution in [0.1, 0.15) is 0 Å². The second kappa shape index (κ2) is 5.14. The van der Waals surface area contributed by atoms with Crippen molar-refractivity contribution in [3.63, 3.8) is 0 Å². The van der Waals surface area contributed by atoms with Crippen LogP contribution in [0.25, 0.3) is 0 Å². The monoisotopic (exact) mass is 236 g/mol. The topological polar surface area (TPSA) is 62.0 Å². The van der Waals surface area contributed by atoms with Gasteiger partial charge in [-0.05, 0) is 6.26 Å². The number of morpholine rings is 1. The van der Waals surface area contributed by atoms with Crippen LogP contribution in [0, 0.1) is 11.3 Å². The zero-order valence-corrected chi connectivity index (χ0v) is 9.78. The lowest BCUT2D eigenvalue weighted by Gasteiger charge is -2.30. The van der Waals surface area contributed by atoms with E-state index in [0.29, 0.717) is 13.2 Å². The van der Waals surface area contributed by atoms with Gasteiger partial charge in [0.15, 0.2) is 6.10 Å². The molecule has 1 aliphatic heterocycles. The van der Waals surface area contributed by atoms with E-state index in [2.05, 4.69) is 20.9 Å². The van der Waals surface area contributed by atoms with E-state index >= 15 is 0 Å². The highest BCUT2D eigenvalue weighted by molar-refractivity contribution is 7.98. The van der Waals surface area contributed by atoms with Gasteiger partial charge < -0.3 is 9.64 Å². The van der Waals surface area contributed by atoms with Crippen molar-refractivity contribution >= 4 is 17.6 Å². The summed E-state index contributed by atoms with van der Waals surface area (Å²) in [6, 6.07) is 4.05. The highest BCUT2D eigenvalue weighted by atomic mass is 32.2. The van der Waals surface area contributed by atoms with E-state index in [1.807, 2.05) is 12.3 Å². The average molecular weight is 236 g/mol. The molecule has 0 spiro atoms. The Kier molecular flexibility index (Phi) is 3.59. The van der Waals surface area contributed by atoms with Gasteiger partial charge in [0.2, 0.25) is 0 Å². The average Bonchev–Trinajstić information content (AvgIpc) is 2.39. The van der Waals surface area contributed by atoms with Crippen LogP contribution < -0.4 is 4.90 Å². The number of nitriles is 1. The molecule has 5 nitrogen and oxygen atoms in total. The normalized spacial score (nSPS) is 20.5. The molecule has 1 saturated heterocycles. The van der Waals surface area contributed by atoms with Gasteiger partial charge in [-0.25, -0.2) is 9.97 Å². The number of anilines is 1. The molecule has 1 aliphatic rings. The molecule has 1 unspecified atom stereocenters. The molecule has 0 aromatic carbocycles. The summed E-state index contributed by atoms with van der Waals surface area (Å²) in [7, 11) is 0. The number of thioether (sulfide) groups is 1. The summed E-state index contributed by atoms with van der Waals surface area (Å²) < 4.78 is 5.28. The Bertz CT molecular complexity index is 406. The molecule has 1 atom stereocenters. The Hall–Kier alpha value is -1.32. The van der Waals surface area contributed by atoms with E-state index in [9.17, 15) is 0 Å². The minimum absolute atomic E-state index is 0.360. The van der Waals surface area contributed by atoms with E-state index in [1.165, 1.54) is 0 Å². The molecule has 2 rings (SSSR count). The molecule has 84 valence electrons. The van der Waals surface area contributed by atoms with Crippen molar-refractivity contribution in [2.45, 2.75) is 11.1 Å². The third kappa shape index (κ3) is 2.43. The fraction of sp³-hybridized carbons (Fsp3) is 0.500. The van der Waals surface area contributed by atoms with Crippen LogP contribution in [0.4, 0.5) is 5.82 Å². The second-order valence-corrected chi connectivity index (χ2v) is 4.18. The Labute approximate surface area is 98.4 Å². The molecule has 0 aliphatic carbocycles. The van der Waals surface area contributed by atoms with Crippen LogP contribution >= 0.6 is 11.8 Å². The highest BCUT2D eigenvalue weighted by Crippen LogP contribution is 2.19. The molecule has 6 heteroatoms. The molecular formula is C10H12N4OS. The summed E-state index contributed by atoms with van der Waals surface area (Å²) in [5.41, 5.74) is 0. The summed E-state index contributed by atoms with van der Waals surface area (Å²) in [5, 5.41) is 9.75. The van der Waals surface area contributed by atoms with E-state index in [4.69, 9.17) is 10.00 Å². The number of rotatable bonds is 2. The largest absolute Gasteiger partial charge is 0.360 e. The van der Waals surface area contributed by atoms with Gasteiger partial charge in [0, 0.05) is 12.6 Å². The van der Waals surface area contributed by atoms with Crippen molar-refractivity contribution in [3.8, 4) is 6.07 Å². The smallest absolute Gasteiger partial charge is 0.161 e. The van der Waals surface area contributed by atoms with Crippen molar-refractivity contribution in [2.75, 3.05) is 30.9 Å². The quantitative estimate of drug-likeness (QED) is 0.562. The molecule has 1 aromatic heterocycles. The zero-order chi connectivity index (χ0) is 11.4. The highest BCUT2D eigenvalue weighted by Gasteiger charge is 2.21. The van der Waals surface area contributed by atoms with Gasteiger partial charge in [0.25, 0.3) is 0 Å². The summed E-state index contributed by atoms with van der Waals surface area (Å²) >= 11 is 1.58. The van der Waals surface area contributed by atoms with Gasteiger partial charge >= 0.3 is 0 Å². The second-order valence-electron chi connectivity index (χ2n) is 3.35. The minimum atomic E-state index is -0.360. The predicted molar refractivity (Wildman–Crippen MR) is 61.4 cm³/mol. The van der Waals surface area contributed by atoms with Crippen LogP contribution in [0.5, 0.6) is 0 Å². The van der Waals surface area contributed by atoms with Crippen LogP contribution in [0.15, 0.2) is 17.4 Å². The van der Waals surface area contributed by atoms with E-state index in [-0.39, 0.29) is 6.10 Å². The fourth-order valence-electron chi connectivity index (χ4n) is 1.55. The summed E-state index contributed by atoms with van der Waals surface area (Å²) in [6.45, 7) is 1.90. The molecule has 16 heavy (non-hydrogen) atoms. The van der Waals surface area contributed by atoms with Crippen LogP contribution in [0.2, 0.25) is 0 Å². The van der Waals surface area contributed by atoms with Gasteiger partial charge in [-0.15, -0.1) is 11.8 Å². The summed E-state index contributed by atoms with van der Waals surface area (Å²) in [4.78, 5) is 10.4. The third-order valence-electron chi connectivity index (χ3n) is 2.37. The van der Waals surface area contributed by atoms with E-state index in [1.54, 1.807) is 18.1 Å². The van der Waals surface area contributed by atoms with Crippen molar-refractivity contribution < 1.29 is 4.74 Å². The number of nitrogens with zero attached hydrogens (tertiary/aromatic N) is 4. The lowest BCUT2D eigenvalue weighted by molar-refractivity contribution is 0.0761. The first-order chi connectivity index (χ1) is 7.83. The SMILES string of the molecule is CSc1cc(N2CCOC(C#N)C2)ncn1. The van der Waals surface area contributed by atoms with Gasteiger partial charge in [-0.1, -0.05) is 0 Å². The molecule has 0 bridgehead atoms. The van der Waals surface area contributed by atoms with E-state index < -0.39 is 0 Å². The summed E-state index contributed by atoms with van der Waals surface area (Å²) in [5.74, 6) is 0.864. The standard InChI is InChI=1S/C10H12N4OS/c1-16-10-4-9(12-7-13-10)14-2-3-15-8(5-11)6-14/h4,7-8H,2-3,6H2,1H3. The zero-order valence-electron chi connectivity index (χ0n) is 8.96.